The third kappa shape index (κ3) is 8.02. The lowest BCUT2D eigenvalue weighted by molar-refractivity contribution is -0.127. The predicted molar refractivity (Wildman–Crippen MR) is 92.0 cm³/mol. The van der Waals surface area contributed by atoms with Gasteiger partial charge >= 0.3 is 0 Å². The minimum atomic E-state index is -0.0286. The largest absolute Gasteiger partial charge is 0.330 e. The number of carbonyl (C=O) groups excluding carboxylic acids is 2. The second-order valence-electron chi connectivity index (χ2n) is 6.35. The molecule has 1 N–H and O–H groups in total. The lowest BCUT2D eigenvalue weighted by Gasteiger charge is -2.25. The average Bonchev–Trinajstić information content (AvgIpc) is 2.42. The molecule has 0 aliphatic heterocycles. The van der Waals surface area contributed by atoms with Crippen LogP contribution < -0.4 is 5.32 Å². The van der Waals surface area contributed by atoms with Gasteiger partial charge in [0.15, 0.2) is 5.78 Å². The van der Waals surface area contributed by atoms with Crippen LogP contribution in [0.15, 0.2) is 11.8 Å². The number of hydrogen-bond acceptors (Lipinski definition) is 2. The minimum Gasteiger partial charge on any atom is -0.330 e. The molecule has 0 aromatic heterocycles. The van der Waals surface area contributed by atoms with Crippen LogP contribution in [0.4, 0.5) is 0 Å². The summed E-state index contributed by atoms with van der Waals surface area (Å²) in [5, 5.41) is 2.88. The van der Waals surface area contributed by atoms with Gasteiger partial charge in [0.2, 0.25) is 5.91 Å². The lowest BCUT2D eigenvalue weighted by atomic mass is 9.82. The number of amides is 1. The van der Waals surface area contributed by atoms with Gasteiger partial charge in [0.05, 0.1) is 0 Å². The molecule has 0 fully saturated rings. The predicted octanol–water partition coefficient (Wildman–Crippen LogP) is 4.09. The van der Waals surface area contributed by atoms with Gasteiger partial charge in [0.25, 0.3) is 0 Å². The molecule has 22 heavy (non-hydrogen) atoms. The molecule has 3 nitrogen and oxygen atoms in total. The summed E-state index contributed by atoms with van der Waals surface area (Å²) in [7, 11) is 0. The molecule has 3 heteroatoms. The molecule has 0 rings (SSSR count). The van der Waals surface area contributed by atoms with E-state index in [-0.39, 0.29) is 23.5 Å². The highest BCUT2D eigenvalue weighted by atomic mass is 16.2. The fourth-order valence-electron chi connectivity index (χ4n) is 2.63. The van der Waals surface area contributed by atoms with E-state index in [4.69, 9.17) is 6.42 Å². The van der Waals surface area contributed by atoms with Crippen molar-refractivity contribution in [2.45, 2.75) is 66.7 Å². The summed E-state index contributed by atoms with van der Waals surface area (Å²) in [4.78, 5) is 24.2. The minimum absolute atomic E-state index is 0.0123. The Morgan fingerprint density at radius 2 is 1.86 bits per heavy atom. The van der Waals surface area contributed by atoms with Gasteiger partial charge in [-0.3, -0.25) is 9.59 Å². The maximum atomic E-state index is 12.4. The first-order chi connectivity index (χ1) is 10.3. The number of carbonyl (C=O) groups is 2. The van der Waals surface area contributed by atoms with Gasteiger partial charge in [-0.1, -0.05) is 34.1 Å². The Morgan fingerprint density at radius 1 is 1.23 bits per heavy atom. The van der Waals surface area contributed by atoms with Crippen LogP contribution in [0.3, 0.4) is 0 Å². The van der Waals surface area contributed by atoms with Gasteiger partial charge in [-0.2, -0.15) is 0 Å². The second kappa shape index (κ2) is 11.1. The topological polar surface area (TPSA) is 46.2 Å². The summed E-state index contributed by atoms with van der Waals surface area (Å²) in [6, 6.07) is 0. The van der Waals surface area contributed by atoms with Crippen LogP contribution in [0.1, 0.15) is 66.7 Å². The highest BCUT2D eigenvalue weighted by Crippen LogP contribution is 2.23. The van der Waals surface area contributed by atoms with Crippen molar-refractivity contribution in [2.75, 3.05) is 0 Å². The number of terminal acetylenes is 1. The van der Waals surface area contributed by atoms with Crippen LogP contribution in [-0.4, -0.2) is 11.7 Å². The van der Waals surface area contributed by atoms with E-state index in [0.717, 1.165) is 19.3 Å². The van der Waals surface area contributed by atoms with E-state index in [9.17, 15) is 9.59 Å². The van der Waals surface area contributed by atoms with E-state index >= 15 is 0 Å². The van der Waals surface area contributed by atoms with Gasteiger partial charge in [-0.15, -0.1) is 12.3 Å². The molecule has 0 bridgehead atoms. The molecule has 0 aliphatic carbocycles. The summed E-state index contributed by atoms with van der Waals surface area (Å²) < 4.78 is 0. The van der Waals surface area contributed by atoms with Crippen LogP contribution >= 0.6 is 0 Å². The molecule has 0 heterocycles. The van der Waals surface area contributed by atoms with E-state index in [1.807, 2.05) is 0 Å². The van der Waals surface area contributed by atoms with Crippen molar-refractivity contribution in [1.29, 1.82) is 0 Å². The molecule has 2 atom stereocenters. The first-order valence-corrected chi connectivity index (χ1v) is 8.28. The van der Waals surface area contributed by atoms with E-state index in [0.29, 0.717) is 24.5 Å². The molecule has 0 saturated heterocycles. The smallest absolute Gasteiger partial charge is 0.227 e. The SMILES string of the molecule is C#CCCCCC(=O)/C=C(/C)NC(=O)C(C(C)C)C(C)CC. The van der Waals surface area contributed by atoms with Gasteiger partial charge in [0, 0.05) is 30.5 Å². The van der Waals surface area contributed by atoms with Crippen molar-refractivity contribution < 1.29 is 9.59 Å². The highest BCUT2D eigenvalue weighted by Gasteiger charge is 2.27. The molecule has 0 radical (unpaired) electrons. The summed E-state index contributed by atoms with van der Waals surface area (Å²) >= 11 is 0. The molecule has 0 aromatic carbocycles. The standard InChI is InChI=1S/C19H31NO2/c1-7-9-10-11-12-17(21)13-16(6)20-19(22)18(14(3)4)15(5)8-2/h1,13-15,18H,8-12H2,2-6H3,(H,20,22)/b16-13-. The number of allylic oxidation sites excluding steroid dienone is 2. The quantitative estimate of drug-likeness (QED) is 0.375. The molecule has 0 saturated carbocycles. The molecular weight excluding hydrogens is 274 g/mol. The fourth-order valence-corrected chi connectivity index (χ4v) is 2.63. The molecular formula is C19H31NO2. The summed E-state index contributed by atoms with van der Waals surface area (Å²) in [5.41, 5.74) is 0.626. The van der Waals surface area contributed by atoms with Crippen LogP contribution in [0.2, 0.25) is 0 Å². The highest BCUT2D eigenvalue weighted by molar-refractivity contribution is 5.91. The lowest BCUT2D eigenvalue weighted by Crippen LogP contribution is -2.36. The number of ketones is 1. The Balaban J connectivity index is 4.52. The Kier molecular flexibility index (Phi) is 10.3. The van der Waals surface area contributed by atoms with Gasteiger partial charge in [-0.05, 0) is 31.6 Å². The zero-order valence-electron chi connectivity index (χ0n) is 14.7. The number of unbranched alkanes of at least 4 members (excludes halogenated alkanes) is 2. The number of nitrogens with one attached hydrogen (secondary N) is 1. The van der Waals surface area contributed by atoms with Crippen molar-refractivity contribution in [2.24, 2.45) is 17.8 Å². The summed E-state index contributed by atoms with van der Waals surface area (Å²) in [6.07, 6.45) is 10.5. The van der Waals surface area contributed by atoms with Crippen molar-refractivity contribution >= 4 is 11.7 Å². The number of rotatable bonds is 10. The van der Waals surface area contributed by atoms with Gasteiger partial charge < -0.3 is 5.32 Å². The maximum absolute atomic E-state index is 12.4. The average molecular weight is 305 g/mol. The normalized spacial score (nSPS) is 14.3. The van der Waals surface area contributed by atoms with Gasteiger partial charge in [-0.25, -0.2) is 0 Å². The second-order valence-corrected chi connectivity index (χ2v) is 6.35. The first-order valence-electron chi connectivity index (χ1n) is 8.28. The molecule has 124 valence electrons. The molecule has 2 unspecified atom stereocenters. The molecule has 0 aromatic rings. The maximum Gasteiger partial charge on any atom is 0.227 e. The third-order valence-electron chi connectivity index (χ3n) is 3.97. The zero-order valence-corrected chi connectivity index (χ0v) is 14.7. The molecule has 0 spiro atoms. The monoisotopic (exact) mass is 305 g/mol. The van der Waals surface area contributed by atoms with Crippen molar-refractivity contribution in [1.82, 2.24) is 5.32 Å². The Hall–Kier alpha value is -1.56. The Bertz CT molecular complexity index is 429. The van der Waals surface area contributed by atoms with Crippen molar-refractivity contribution in [3.63, 3.8) is 0 Å². The first kappa shape index (κ1) is 20.4. The summed E-state index contributed by atoms with van der Waals surface area (Å²) in [6.45, 7) is 10.1. The van der Waals surface area contributed by atoms with Crippen molar-refractivity contribution in [3.05, 3.63) is 11.8 Å². The van der Waals surface area contributed by atoms with E-state index in [1.165, 1.54) is 6.08 Å². The molecule has 0 aliphatic rings. The third-order valence-corrected chi connectivity index (χ3v) is 3.97. The number of hydrogen-bond donors (Lipinski definition) is 1. The van der Waals surface area contributed by atoms with Crippen LogP contribution in [0.5, 0.6) is 0 Å². The van der Waals surface area contributed by atoms with Crippen LogP contribution in [0.25, 0.3) is 0 Å². The van der Waals surface area contributed by atoms with Crippen LogP contribution in [0, 0.1) is 30.1 Å². The van der Waals surface area contributed by atoms with E-state index in [1.54, 1.807) is 6.92 Å². The Labute approximate surface area is 135 Å². The van der Waals surface area contributed by atoms with Crippen LogP contribution in [-0.2, 0) is 9.59 Å². The van der Waals surface area contributed by atoms with Crippen molar-refractivity contribution in [3.8, 4) is 12.3 Å². The summed E-state index contributed by atoms with van der Waals surface area (Å²) in [5.74, 6) is 3.19. The van der Waals surface area contributed by atoms with Gasteiger partial charge in [0.1, 0.15) is 0 Å². The van der Waals surface area contributed by atoms with E-state index < -0.39 is 0 Å². The van der Waals surface area contributed by atoms with E-state index in [2.05, 4.69) is 38.9 Å². The Morgan fingerprint density at radius 3 is 2.36 bits per heavy atom. The fraction of sp³-hybridized carbons (Fsp3) is 0.684. The molecule has 1 amide bonds. The zero-order chi connectivity index (χ0) is 17.1.